The van der Waals surface area contributed by atoms with Crippen LogP contribution in [0.15, 0.2) is 42.5 Å². The summed E-state index contributed by atoms with van der Waals surface area (Å²) in [5.41, 5.74) is 7.04. The Labute approximate surface area is 206 Å². The number of nitrogens with two attached hydrogens (primary N) is 1. The van der Waals surface area contributed by atoms with Gasteiger partial charge in [-0.05, 0) is 51.1 Å². The van der Waals surface area contributed by atoms with Crippen LogP contribution in [0.3, 0.4) is 0 Å². The molecule has 0 saturated carbocycles. The number of ether oxygens (including phenoxy) is 3. The highest BCUT2D eigenvalue weighted by Gasteiger charge is 2.24. The van der Waals surface area contributed by atoms with Crippen LogP contribution in [-0.4, -0.2) is 47.6 Å². The molecular weight excluding hydrogens is 444 g/mol. The molecule has 1 fully saturated rings. The van der Waals surface area contributed by atoms with Crippen molar-refractivity contribution in [3.8, 4) is 23.0 Å². The summed E-state index contributed by atoms with van der Waals surface area (Å²) in [6, 6.07) is 13.0. The Morgan fingerprint density at radius 3 is 2.34 bits per heavy atom. The van der Waals surface area contributed by atoms with Gasteiger partial charge in [0.25, 0.3) is 0 Å². The Bertz CT molecular complexity index is 1200. The van der Waals surface area contributed by atoms with Crippen molar-refractivity contribution in [3.63, 3.8) is 0 Å². The van der Waals surface area contributed by atoms with Gasteiger partial charge in [-0.3, -0.25) is 4.79 Å². The number of piperidine rings is 1. The highest BCUT2D eigenvalue weighted by Crippen LogP contribution is 2.40. The lowest BCUT2D eigenvalue weighted by Crippen LogP contribution is -2.40. The van der Waals surface area contributed by atoms with Gasteiger partial charge in [-0.2, -0.15) is 0 Å². The summed E-state index contributed by atoms with van der Waals surface area (Å²) in [6.07, 6.45) is 1.54. The molecule has 2 heterocycles. The van der Waals surface area contributed by atoms with E-state index < -0.39 is 0 Å². The van der Waals surface area contributed by atoms with Crippen molar-refractivity contribution < 1.29 is 19.0 Å². The first-order valence-corrected chi connectivity index (χ1v) is 11.9. The van der Waals surface area contributed by atoms with Gasteiger partial charge in [0.2, 0.25) is 5.91 Å². The number of likely N-dealkylation sites (tertiary alicyclic amines) is 1. The van der Waals surface area contributed by atoms with Crippen LogP contribution in [0.4, 0.5) is 11.5 Å². The van der Waals surface area contributed by atoms with E-state index in [4.69, 9.17) is 24.9 Å². The van der Waals surface area contributed by atoms with E-state index in [-0.39, 0.29) is 17.6 Å². The number of pyridine rings is 1. The number of benzene rings is 2. The Balaban J connectivity index is 1.70. The van der Waals surface area contributed by atoms with Gasteiger partial charge < -0.3 is 30.2 Å². The van der Waals surface area contributed by atoms with E-state index in [0.29, 0.717) is 47.6 Å². The summed E-state index contributed by atoms with van der Waals surface area (Å²) in [5, 5.41) is 4.24. The van der Waals surface area contributed by atoms with Crippen molar-refractivity contribution in [3.05, 3.63) is 42.5 Å². The molecule has 3 aromatic rings. The number of rotatable bonds is 6. The number of nitrogen functional groups attached to an aromatic ring is 1. The van der Waals surface area contributed by atoms with Crippen molar-refractivity contribution in [1.82, 2.24) is 9.88 Å². The average molecular weight is 479 g/mol. The van der Waals surface area contributed by atoms with Crippen LogP contribution < -0.4 is 25.3 Å². The highest BCUT2D eigenvalue weighted by molar-refractivity contribution is 5.90. The SMILES string of the molecule is COc1cc2c(Oc3ccc(N)cc3)cc(NC(C)(C)C)nc2cc1OC1CCN(C(C)=O)CC1. The van der Waals surface area contributed by atoms with Gasteiger partial charge in [0.1, 0.15) is 23.4 Å². The van der Waals surface area contributed by atoms with E-state index in [1.165, 1.54) is 0 Å². The number of fused-ring (bicyclic) bond motifs is 1. The van der Waals surface area contributed by atoms with Gasteiger partial charge in [-0.25, -0.2) is 4.98 Å². The maximum atomic E-state index is 11.7. The van der Waals surface area contributed by atoms with E-state index in [0.717, 1.165) is 23.7 Å². The van der Waals surface area contributed by atoms with E-state index >= 15 is 0 Å². The standard InChI is InChI=1S/C27H34N4O4/c1-17(32)31-12-10-20(11-13-31)35-25-15-22-21(14-24(25)33-5)23(16-26(29-22)30-27(2,3)4)34-19-8-6-18(28)7-9-19/h6-9,14-16,20H,10-13,28H2,1-5H3,(H,29,30). The van der Waals surface area contributed by atoms with Gasteiger partial charge in [-0.1, -0.05) is 0 Å². The van der Waals surface area contributed by atoms with Gasteiger partial charge in [-0.15, -0.1) is 0 Å². The Kier molecular flexibility index (Phi) is 6.91. The molecule has 0 bridgehead atoms. The summed E-state index contributed by atoms with van der Waals surface area (Å²) in [7, 11) is 1.62. The molecule has 3 N–H and O–H groups in total. The molecule has 4 rings (SSSR count). The van der Waals surface area contributed by atoms with E-state index in [1.807, 2.05) is 35.2 Å². The second-order valence-electron chi connectivity index (χ2n) is 9.90. The molecule has 186 valence electrons. The quantitative estimate of drug-likeness (QED) is 0.469. The predicted octanol–water partition coefficient (Wildman–Crippen LogP) is 5.22. The fourth-order valence-corrected chi connectivity index (χ4v) is 4.12. The lowest BCUT2D eigenvalue weighted by molar-refractivity contribution is -0.130. The third kappa shape index (κ3) is 6.07. The minimum Gasteiger partial charge on any atom is -0.493 e. The summed E-state index contributed by atoms with van der Waals surface area (Å²) in [5.74, 6) is 3.34. The fraction of sp³-hybridized carbons (Fsp3) is 0.407. The Morgan fingerprint density at radius 1 is 1.06 bits per heavy atom. The van der Waals surface area contributed by atoms with E-state index in [1.54, 1.807) is 26.2 Å². The zero-order valence-electron chi connectivity index (χ0n) is 21.1. The molecule has 8 nitrogen and oxygen atoms in total. The molecule has 1 aliphatic heterocycles. The van der Waals surface area contributed by atoms with Crippen molar-refractivity contribution in [1.29, 1.82) is 0 Å². The van der Waals surface area contributed by atoms with Gasteiger partial charge in [0.05, 0.1) is 12.6 Å². The molecule has 8 heteroatoms. The van der Waals surface area contributed by atoms with Crippen LogP contribution >= 0.6 is 0 Å². The first kappa shape index (κ1) is 24.4. The minimum atomic E-state index is -0.185. The lowest BCUT2D eigenvalue weighted by atomic mass is 10.1. The molecule has 1 amide bonds. The Hall–Kier alpha value is -3.68. The smallest absolute Gasteiger partial charge is 0.219 e. The number of nitrogens with one attached hydrogen (secondary N) is 1. The zero-order valence-corrected chi connectivity index (χ0v) is 21.1. The second kappa shape index (κ2) is 9.90. The van der Waals surface area contributed by atoms with Crippen LogP contribution in [0.25, 0.3) is 10.9 Å². The molecule has 0 spiro atoms. The van der Waals surface area contributed by atoms with E-state index in [2.05, 4.69) is 26.1 Å². The van der Waals surface area contributed by atoms with Crippen molar-refractivity contribution in [2.75, 3.05) is 31.2 Å². The summed E-state index contributed by atoms with van der Waals surface area (Å²) >= 11 is 0. The molecular formula is C27H34N4O4. The number of aromatic nitrogens is 1. The molecule has 1 saturated heterocycles. The van der Waals surface area contributed by atoms with E-state index in [9.17, 15) is 4.79 Å². The molecule has 0 atom stereocenters. The predicted molar refractivity (Wildman–Crippen MR) is 139 cm³/mol. The van der Waals surface area contributed by atoms with Crippen molar-refractivity contribution in [2.45, 2.75) is 52.2 Å². The molecule has 2 aromatic carbocycles. The third-order valence-corrected chi connectivity index (χ3v) is 5.85. The number of hydrogen-bond donors (Lipinski definition) is 2. The third-order valence-electron chi connectivity index (χ3n) is 5.85. The highest BCUT2D eigenvalue weighted by atomic mass is 16.5. The van der Waals surface area contributed by atoms with Crippen LogP contribution in [0.1, 0.15) is 40.5 Å². The first-order valence-electron chi connectivity index (χ1n) is 11.9. The summed E-state index contributed by atoms with van der Waals surface area (Å²) in [6.45, 7) is 9.22. The normalized spacial score (nSPS) is 14.6. The van der Waals surface area contributed by atoms with Crippen LogP contribution in [0, 0.1) is 0 Å². The van der Waals surface area contributed by atoms with Gasteiger partial charge >= 0.3 is 0 Å². The molecule has 0 radical (unpaired) electrons. The number of anilines is 2. The molecule has 35 heavy (non-hydrogen) atoms. The molecule has 0 unspecified atom stereocenters. The Morgan fingerprint density at radius 2 is 1.74 bits per heavy atom. The number of amides is 1. The first-order chi connectivity index (χ1) is 16.6. The number of carbonyl (C=O) groups is 1. The van der Waals surface area contributed by atoms with Crippen molar-refractivity contribution in [2.24, 2.45) is 0 Å². The molecule has 1 aromatic heterocycles. The zero-order chi connectivity index (χ0) is 25.2. The number of hydrogen-bond acceptors (Lipinski definition) is 7. The topological polar surface area (TPSA) is 98.9 Å². The number of nitrogens with zero attached hydrogens (tertiary/aromatic N) is 2. The average Bonchev–Trinajstić information content (AvgIpc) is 2.79. The second-order valence-corrected chi connectivity index (χ2v) is 9.90. The lowest BCUT2D eigenvalue weighted by Gasteiger charge is -2.31. The largest absolute Gasteiger partial charge is 0.493 e. The van der Waals surface area contributed by atoms with Crippen LogP contribution in [-0.2, 0) is 4.79 Å². The summed E-state index contributed by atoms with van der Waals surface area (Å²) in [4.78, 5) is 18.3. The van der Waals surface area contributed by atoms with Gasteiger partial charge in [0.15, 0.2) is 11.5 Å². The van der Waals surface area contributed by atoms with Crippen LogP contribution in [0.2, 0.25) is 0 Å². The minimum absolute atomic E-state index is 0.00155. The maximum Gasteiger partial charge on any atom is 0.219 e. The maximum absolute atomic E-state index is 11.7. The molecule has 0 aliphatic carbocycles. The fourth-order valence-electron chi connectivity index (χ4n) is 4.12. The van der Waals surface area contributed by atoms with Crippen molar-refractivity contribution >= 4 is 28.3 Å². The molecule has 1 aliphatic rings. The number of carbonyl (C=O) groups excluding carboxylic acids is 1. The van der Waals surface area contributed by atoms with Crippen LogP contribution in [0.5, 0.6) is 23.0 Å². The monoisotopic (exact) mass is 478 g/mol. The summed E-state index contributed by atoms with van der Waals surface area (Å²) < 4.78 is 18.3. The number of methoxy groups -OCH3 is 1. The van der Waals surface area contributed by atoms with Gasteiger partial charge in [0, 0.05) is 61.6 Å².